The van der Waals surface area contributed by atoms with Crippen molar-refractivity contribution in [3.63, 3.8) is 0 Å². The maximum Gasteiger partial charge on any atom is 0.0729 e. The number of hydrogen-bond acceptors (Lipinski definition) is 4. The Morgan fingerprint density at radius 3 is 2.38 bits per heavy atom. The first kappa shape index (κ1) is 15.7. The molecule has 0 aromatic heterocycles. The molecule has 4 heteroatoms. The van der Waals surface area contributed by atoms with Gasteiger partial charge in [-0.05, 0) is 51.4 Å². The third-order valence-electron chi connectivity index (χ3n) is 6.24. The summed E-state index contributed by atoms with van der Waals surface area (Å²) < 4.78 is 17.7. The van der Waals surface area contributed by atoms with Crippen molar-refractivity contribution in [2.24, 2.45) is 23.5 Å². The predicted molar refractivity (Wildman–Crippen MR) is 82.1 cm³/mol. The molecule has 3 saturated heterocycles. The topological polar surface area (TPSA) is 53.7 Å². The highest BCUT2D eigenvalue weighted by molar-refractivity contribution is 4.98. The smallest absolute Gasteiger partial charge is 0.0729 e. The van der Waals surface area contributed by atoms with Crippen LogP contribution in [0.3, 0.4) is 0 Å². The quantitative estimate of drug-likeness (QED) is 0.850. The molecule has 3 heterocycles. The molecule has 122 valence electrons. The summed E-state index contributed by atoms with van der Waals surface area (Å²) in [7, 11) is 0. The van der Waals surface area contributed by atoms with Crippen LogP contribution >= 0.6 is 0 Å². The van der Waals surface area contributed by atoms with Crippen LogP contribution in [0.25, 0.3) is 0 Å². The fourth-order valence-electron chi connectivity index (χ4n) is 4.76. The Kier molecular flexibility index (Phi) is 4.60. The van der Waals surface area contributed by atoms with E-state index in [0.717, 1.165) is 45.5 Å². The zero-order valence-electron chi connectivity index (χ0n) is 13.7. The summed E-state index contributed by atoms with van der Waals surface area (Å²) in [5.41, 5.74) is 6.76. The van der Waals surface area contributed by atoms with Gasteiger partial charge in [0.15, 0.2) is 0 Å². The zero-order valence-corrected chi connectivity index (χ0v) is 13.7. The van der Waals surface area contributed by atoms with Crippen LogP contribution < -0.4 is 5.73 Å². The van der Waals surface area contributed by atoms with Crippen LogP contribution in [0.5, 0.6) is 0 Å². The van der Waals surface area contributed by atoms with Gasteiger partial charge in [-0.25, -0.2) is 0 Å². The molecule has 1 spiro atoms. The first-order valence-electron chi connectivity index (χ1n) is 8.65. The Balaban J connectivity index is 1.68. The molecule has 0 aliphatic carbocycles. The van der Waals surface area contributed by atoms with E-state index < -0.39 is 0 Å². The van der Waals surface area contributed by atoms with Gasteiger partial charge in [0.05, 0.1) is 17.8 Å². The van der Waals surface area contributed by atoms with E-state index in [1.54, 1.807) is 0 Å². The van der Waals surface area contributed by atoms with E-state index >= 15 is 0 Å². The van der Waals surface area contributed by atoms with Crippen molar-refractivity contribution < 1.29 is 14.2 Å². The SMILES string of the molecule is CC1OC(C)C(C(N)C2CCOC3(CCOCC3)C2)C1C. The van der Waals surface area contributed by atoms with Crippen LogP contribution in [0.2, 0.25) is 0 Å². The first-order valence-corrected chi connectivity index (χ1v) is 8.65. The molecule has 0 amide bonds. The molecule has 2 N–H and O–H groups in total. The largest absolute Gasteiger partial charge is 0.381 e. The van der Waals surface area contributed by atoms with Crippen LogP contribution in [0, 0.1) is 17.8 Å². The Labute approximate surface area is 128 Å². The Morgan fingerprint density at radius 1 is 1.05 bits per heavy atom. The van der Waals surface area contributed by atoms with Gasteiger partial charge in [-0.1, -0.05) is 6.92 Å². The summed E-state index contributed by atoms with van der Waals surface area (Å²) in [6.07, 6.45) is 4.85. The van der Waals surface area contributed by atoms with E-state index in [9.17, 15) is 0 Å². The van der Waals surface area contributed by atoms with Crippen molar-refractivity contribution in [3.05, 3.63) is 0 Å². The highest BCUT2D eigenvalue weighted by atomic mass is 16.5. The van der Waals surface area contributed by atoms with Crippen LogP contribution in [-0.2, 0) is 14.2 Å². The molecule has 3 fully saturated rings. The highest BCUT2D eigenvalue weighted by Crippen LogP contribution is 2.43. The third-order valence-corrected chi connectivity index (χ3v) is 6.24. The lowest BCUT2D eigenvalue weighted by molar-refractivity contribution is -0.151. The second-order valence-electron chi connectivity index (χ2n) is 7.46. The molecule has 21 heavy (non-hydrogen) atoms. The fraction of sp³-hybridized carbons (Fsp3) is 1.00. The fourth-order valence-corrected chi connectivity index (χ4v) is 4.76. The second kappa shape index (κ2) is 6.15. The number of nitrogens with two attached hydrogens (primary N) is 1. The molecule has 0 aromatic rings. The molecule has 6 atom stereocenters. The van der Waals surface area contributed by atoms with Crippen molar-refractivity contribution in [2.75, 3.05) is 19.8 Å². The van der Waals surface area contributed by atoms with Crippen molar-refractivity contribution in [1.82, 2.24) is 0 Å². The van der Waals surface area contributed by atoms with Crippen LogP contribution in [0.4, 0.5) is 0 Å². The molecule has 0 aromatic carbocycles. The number of rotatable bonds is 2. The lowest BCUT2D eigenvalue weighted by Gasteiger charge is -2.46. The van der Waals surface area contributed by atoms with Gasteiger partial charge in [-0.2, -0.15) is 0 Å². The van der Waals surface area contributed by atoms with E-state index in [1.165, 1.54) is 0 Å². The molecule has 3 aliphatic heterocycles. The molecule has 0 bridgehead atoms. The maximum absolute atomic E-state index is 6.72. The summed E-state index contributed by atoms with van der Waals surface area (Å²) in [6.45, 7) is 9.18. The molecule has 3 rings (SSSR count). The number of hydrogen-bond donors (Lipinski definition) is 1. The van der Waals surface area contributed by atoms with Gasteiger partial charge in [0.1, 0.15) is 0 Å². The van der Waals surface area contributed by atoms with Crippen LogP contribution in [0.15, 0.2) is 0 Å². The average molecular weight is 297 g/mol. The Bertz CT molecular complexity index is 350. The summed E-state index contributed by atoms with van der Waals surface area (Å²) in [6, 6.07) is 0.226. The van der Waals surface area contributed by atoms with E-state index in [-0.39, 0.29) is 17.7 Å². The van der Waals surface area contributed by atoms with Crippen LogP contribution in [0.1, 0.15) is 46.5 Å². The highest BCUT2D eigenvalue weighted by Gasteiger charge is 2.46. The normalized spacial score (nSPS) is 44.9. The van der Waals surface area contributed by atoms with Gasteiger partial charge in [-0.3, -0.25) is 0 Å². The van der Waals surface area contributed by atoms with Gasteiger partial charge in [-0.15, -0.1) is 0 Å². The Hall–Kier alpha value is -0.160. The molecule has 3 aliphatic rings. The van der Waals surface area contributed by atoms with Gasteiger partial charge in [0.2, 0.25) is 0 Å². The van der Waals surface area contributed by atoms with Crippen molar-refractivity contribution in [1.29, 1.82) is 0 Å². The lowest BCUT2D eigenvalue weighted by Crippen LogP contribution is -2.51. The third kappa shape index (κ3) is 3.00. The minimum absolute atomic E-state index is 0.0380. The minimum atomic E-state index is 0.0380. The van der Waals surface area contributed by atoms with E-state index in [2.05, 4.69) is 20.8 Å². The molecular formula is C17H31NO3. The van der Waals surface area contributed by atoms with Gasteiger partial charge in [0, 0.05) is 31.8 Å². The zero-order chi connectivity index (χ0) is 15.0. The molecule has 0 saturated carbocycles. The predicted octanol–water partition coefficient (Wildman–Crippen LogP) is 2.35. The lowest BCUT2D eigenvalue weighted by atomic mass is 9.71. The average Bonchev–Trinajstić information content (AvgIpc) is 2.72. The second-order valence-corrected chi connectivity index (χ2v) is 7.46. The monoisotopic (exact) mass is 297 g/mol. The van der Waals surface area contributed by atoms with Gasteiger partial charge in [0.25, 0.3) is 0 Å². The van der Waals surface area contributed by atoms with Crippen molar-refractivity contribution in [3.8, 4) is 0 Å². The molecule has 0 radical (unpaired) electrons. The molecular weight excluding hydrogens is 266 g/mol. The van der Waals surface area contributed by atoms with Crippen LogP contribution in [-0.4, -0.2) is 43.7 Å². The van der Waals surface area contributed by atoms with E-state index in [1.807, 2.05) is 0 Å². The molecule has 6 unspecified atom stereocenters. The van der Waals surface area contributed by atoms with E-state index in [0.29, 0.717) is 23.9 Å². The summed E-state index contributed by atoms with van der Waals surface area (Å²) in [4.78, 5) is 0. The number of ether oxygens (including phenoxy) is 3. The maximum atomic E-state index is 6.72. The summed E-state index contributed by atoms with van der Waals surface area (Å²) >= 11 is 0. The van der Waals surface area contributed by atoms with Gasteiger partial charge < -0.3 is 19.9 Å². The minimum Gasteiger partial charge on any atom is -0.381 e. The van der Waals surface area contributed by atoms with Crippen molar-refractivity contribution >= 4 is 0 Å². The standard InChI is InChI=1S/C17H31NO3/c1-11-12(2)21-13(3)15(11)16(18)14-4-7-20-17(10-14)5-8-19-9-6-17/h11-16H,4-10,18H2,1-3H3. The first-order chi connectivity index (χ1) is 10.0. The van der Waals surface area contributed by atoms with E-state index in [4.69, 9.17) is 19.9 Å². The van der Waals surface area contributed by atoms with Gasteiger partial charge >= 0.3 is 0 Å². The van der Waals surface area contributed by atoms with Crippen molar-refractivity contribution in [2.45, 2.75) is 70.3 Å². The molecule has 4 nitrogen and oxygen atoms in total. The Morgan fingerprint density at radius 2 is 1.76 bits per heavy atom. The summed E-state index contributed by atoms with van der Waals surface area (Å²) in [5.74, 6) is 1.57. The summed E-state index contributed by atoms with van der Waals surface area (Å²) in [5, 5.41) is 0.